The van der Waals surface area contributed by atoms with Crippen molar-refractivity contribution < 1.29 is 20.1 Å². The van der Waals surface area contributed by atoms with E-state index in [4.69, 9.17) is 5.11 Å². The summed E-state index contributed by atoms with van der Waals surface area (Å²) in [6, 6.07) is -0.298. The van der Waals surface area contributed by atoms with Gasteiger partial charge in [0.15, 0.2) is 0 Å². The lowest BCUT2D eigenvalue weighted by atomic mass is 9.90. The highest BCUT2D eigenvalue weighted by Gasteiger charge is 2.29. The molecule has 0 aromatic heterocycles. The van der Waals surface area contributed by atoms with Crippen LogP contribution in [0.25, 0.3) is 0 Å². The Labute approximate surface area is 94.1 Å². The first kappa shape index (κ1) is 12.6. The van der Waals surface area contributed by atoms with Crippen molar-refractivity contribution in [1.29, 1.82) is 0 Å². The standard InChI is InChI=1S/C11H17NO4/c1-6(2)10(14)12-7-3-4-8(11(15)16)9(13)5-7/h3-4,7-9,12-14H,5H2,1-2H3,(H,15,16)/p-1. The Bertz CT molecular complexity index is 331. The second-order valence-electron chi connectivity index (χ2n) is 4.13. The van der Waals surface area contributed by atoms with Crippen LogP contribution in [-0.4, -0.2) is 28.3 Å². The van der Waals surface area contributed by atoms with Crippen molar-refractivity contribution in [3.05, 3.63) is 23.6 Å². The molecule has 1 aliphatic carbocycles. The topological polar surface area (TPSA) is 92.6 Å². The average Bonchev–Trinajstić information content (AvgIpc) is 2.16. The summed E-state index contributed by atoms with van der Waals surface area (Å²) < 4.78 is 0. The molecule has 0 amide bonds. The third kappa shape index (κ3) is 3.00. The van der Waals surface area contributed by atoms with Crippen LogP contribution < -0.4 is 10.4 Å². The third-order valence-corrected chi connectivity index (χ3v) is 2.52. The van der Waals surface area contributed by atoms with E-state index in [1.165, 1.54) is 6.08 Å². The molecule has 3 atom stereocenters. The monoisotopic (exact) mass is 226 g/mol. The molecule has 0 aliphatic heterocycles. The van der Waals surface area contributed by atoms with E-state index in [-0.39, 0.29) is 18.3 Å². The lowest BCUT2D eigenvalue weighted by Gasteiger charge is -2.30. The smallest absolute Gasteiger partial charge is 0.313 e. The molecule has 1 rings (SSSR count). The van der Waals surface area contributed by atoms with Gasteiger partial charge in [0.1, 0.15) is 5.92 Å². The Hall–Kier alpha value is -1.49. The SMILES string of the molecule is CC(C)=C([O-])NC1C=CC(C(=O)O)C(O)C1. The van der Waals surface area contributed by atoms with Crippen LogP contribution in [0, 0.1) is 5.92 Å². The first-order valence-corrected chi connectivity index (χ1v) is 5.12. The van der Waals surface area contributed by atoms with Crippen LogP contribution in [-0.2, 0) is 4.79 Å². The Balaban J connectivity index is 2.66. The number of aliphatic carboxylic acids is 1. The predicted octanol–water partition coefficient (Wildman–Crippen LogP) is -0.422. The van der Waals surface area contributed by atoms with E-state index >= 15 is 0 Å². The number of hydrogen-bond acceptors (Lipinski definition) is 4. The fourth-order valence-corrected chi connectivity index (χ4v) is 1.53. The zero-order valence-electron chi connectivity index (χ0n) is 9.30. The lowest BCUT2D eigenvalue weighted by molar-refractivity contribution is -0.314. The lowest BCUT2D eigenvalue weighted by Crippen LogP contribution is -2.41. The van der Waals surface area contributed by atoms with E-state index in [0.29, 0.717) is 5.57 Å². The number of carbonyl (C=O) groups is 1. The molecular weight excluding hydrogens is 210 g/mol. The zero-order valence-corrected chi connectivity index (χ0v) is 9.30. The molecule has 0 heterocycles. The molecule has 5 heteroatoms. The fraction of sp³-hybridized carbons (Fsp3) is 0.545. The minimum atomic E-state index is -1.05. The number of aliphatic hydroxyl groups is 1. The van der Waals surface area contributed by atoms with E-state index < -0.39 is 18.0 Å². The molecule has 0 aromatic rings. The number of carboxylic acids is 1. The third-order valence-electron chi connectivity index (χ3n) is 2.52. The van der Waals surface area contributed by atoms with Gasteiger partial charge in [0.25, 0.3) is 0 Å². The Morgan fingerprint density at radius 2 is 2.06 bits per heavy atom. The summed E-state index contributed by atoms with van der Waals surface area (Å²) in [5.41, 5.74) is 0.628. The zero-order chi connectivity index (χ0) is 12.3. The van der Waals surface area contributed by atoms with Crippen molar-refractivity contribution >= 4 is 5.97 Å². The highest BCUT2D eigenvalue weighted by Crippen LogP contribution is 2.19. The fourth-order valence-electron chi connectivity index (χ4n) is 1.53. The van der Waals surface area contributed by atoms with Crippen molar-refractivity contribution in [1.82, 2.24) is 5.32 Å². The van der Waals surface area contributed by atoms with Gasteiger partial charge in [0, 0.05) is 6.04 Å². The molecule has 0 radical (unpaired) electrons. The highest BCUT2D eigenvalue weighted by molar-refractivity contribution is 5.73. The molecule has 0 saturated heterocycles. The second kappa shape index (κ2) is 5.03. The molecule has 5 nitrogen and oxygen atoms in total. The van der Waals surface area contributed by atoms with Gasteiger partial charge in [-0.2, -0.15) is 0 Å². The molecule has 0 bridgehead atoms. The van der Waals surface area contributed by atoms with Gasteiger partial charge in [0.2, 0.25) is 0 Å². The second-order valence-corrected chi connectivity index (χ2v) is 4.13. The van der Waals surface area contributed by atoms with Crippen molar-refractivity contribution in [2.75, 3.05) is 0 Å². The molecule has 3 N–H and O–H groups in total. The Morgan fingerprint density at radius 3 is 2.50 bits per heavy atom. The molecule has 0 saturated carbocycles. The van der Waals surface area contributed by atoms with E-state index in [9.17, 15) is 15.0 Å². The van der Waals surface area contributed by atoms with Crippen LogP contribution in [0.5, 0.6) is 0 Å². The minimum Gasteiger partial charge on any atom is -0.860 e. The first-order valence-electron chi connectivity index (χ1n) is 5.12. The number of allylic oxidation sites excluding steroid dienone is 1. The van der Waals surface area contributed by atoms with Crippen LogP contribution in [0.1, 0.15) is 20.3 Å². The Kier molecular flexibility index (Phi) is 3.95. The van der Waals surface area contributed by atoms with E-state index in [0.717, 1.165) is 0 Å². The van der Waals surface area contributed by atoms with E-state index in [2.05, 4.69) is 5.32 Å². The van der Waals surface area contributed by atoms with Crippen LogP contribution in [0.3, 0.4) is 0 Å². The minimum absolute atomic E-state index is 0.185. The maximum absolute atomic E-state index is 11.4. The largest absolute Gasteiger partial charge is 0.860 e. The van der Waals surface area contributed by atoms with Gasteiger partial charge < -0.3 is 20.6 Å². The van der Waals surface area contributed by atoms with Gasteiger partial charge >= 0.3 is 5.97 Å². The molecule has 90 valence electrons. The number of rotatable bonds is 3. The van der Waals surface area contributed by atoms with Crippen LogP contribution in [0.4, 0.5) is 0 Å². The molecule has 0 spiro atoms. The number of nitrogens with one attached hydrogen (secondary N) is 1. The van der Waals surface area contributed by atoms with Gasteiger partial charge in [0.05, 0.1) is 6.10 Å². The first-order chi connectivity index (χ1) is 7.41. The molecule has 0 fully saturated rings. The molecule has 3 unspecified atom stereocenters. The normalized spacial score (nSPS) is 28.6. The summed E-state index contributed by atoms with van der Waals surface area (Å²) in [5, 5.41) is 32.4. The number of carboxylic acid groups (broad SMARTS) is 1. The van der Waals surface area contributed by atoms with Crippen molar-refractivity contribution in [3.63, 3.8) is 0 Å². The molecule has 16 heavy (non-hydrogen) atoms. The van der Waals surface area contributed by atoms with Gasteiger partial charge in [-0.3, -0.25) is 4.79 Å². The maximum Gasteiger partial charge on any atom is 0.313 e. The van der Waals surface area contributed by atoms with E-state index in [1.54, 1.807) is 19.9 Å². The maximum atomic E-state index is 11.4. The number of hydrogen-bond donors (Lipinski definition) is 3. The quantitative estimate of drug-likeness (QED) is 0.449. The van der Waals surface area contributed by atoms with Gasteiger partial charge in [-0.1, -0.05) is 17.7 Å². The molecular formula is C11H16NO4-. The van der Waals surface area contributed by atoms with Crippen molar-refractivity contribution in [2.24, 2.45) is 5.92 Å². The van der Waals surface area contributed by atoms with Crippen molar-refractivity contribution in [3.8, 4) is 0 Å². The summed E-state index contributed by atoms with van der Waals surface area (Å²) in [5.74, 6) is -2.11. The molecule has 0 aromatic carbocycles. The van der Waals surface area contributed by atoms with Crippen molar-refractivity contribution in [2.45, 2.75) is 32.4 Å². The van der Waals surface area contributed by atoms with Gasteiger partial charge in [-0.25, -0.2) is 0 Å². The average molecular weight is 226 g/mol. The highest BCUT2D eigenvalue weighted by atomic mass is 16.4. The molecule has 1 aliphatic rings. The Morgan fingerprint density at radius 1 is 1.44 bits per heavy atom. The summed E-state index contributed by atoms with van der Waals surface area (Å²) in [6.07, 6.45) is 2.32. The summed E-state index contributed by atoms with van der Waals surface area (Å²) >= 11 is 0. The van der Waals surface area contributed by atoms with Crippen LogP contribution in [0.15, 0.2) is 23.6 Å². The van der Waals surface area contributed by atoms with E-state index in [1.807, 2.05) is 0 Å². The number of aliphatic hydroxyl groups excluding tert-OH is 1. The summed E-state index contributed by atoms with van der Waals surface area (Å²) in [4.78, 5) is 10.7. The van der Waals surface area contributed by atoms with Gasteiger partial charge in [-0.05, 0) is 26.2 Å². The van der Waals surface area contributed by atoms with Crippen LogP contribution in [0.2, 0.25) is 0 Å². The predicted molar refractivity (Wildman–Crippen MR) is 56.2 cm³/mol. The van der Waals surface area contributed by atoms with Crippen LogP contribution >= 0.6 is 0 Å². The van der Waals surface area contributed by atoms with Gasteiger partial charge in [-0.15, -0.1) is 0 Å². The summed E-state index contributed by atoms with van der Waals surface area (Å²) in [6.45, 7) is 3.39. The summed E-state index contributed by atoms with van der Waals surface area (Å²) in [7, 11) is 0.